The molecule has 1 heterocycles. The van der Waals surface area contributed by atoms with Crippen LogP contribution < -0.4 is 0 Å². The van der Waals surface area contributed by atoms with Gasteiger partial charge in [-0.3, -0.25) is 4.79 Å². The molecule has 0 saturated heterocycles. The van der Waals surface area contributed by atoms with Gasteiger partial charge in [-0.05, 0) is 24.3 Å². The average Bonchev–Trinajstić information content (AvgIpc) is 2.88. The Kier molecular flexibility index (Phi) is 3.80. The molecular formula is C15H10FNOS2. The zero-order valence-electron chi connectivity index (χ0n) is 10.4. The molecule has 2 aromatic carbocycles. The number of carbonyl (C=O) groups excluding carboxylic acids is 1. The fourth-order valence-corrected chi connectivity index (χ4v) is 3.76. The number of aromatic nitrogens is 1. The Morgan fingerprint density at radius 1 is 1.15 bits per heavy atom. The van der Waals surface area contributed by atoms with Crippen molar-refractivity contribution < 1.29 is 9.18 Å². The maximum atomic E-state index is 13.5. The van der Waals surface area contributed by atoms with Crippen LogP contribution in [0.1, 0.15) is 10.4 Å². The van der Waals surface area contributed by atoms with Crippen LogP contribution in [0.5, 0.6) is 0 Å². The number of rotatable bonds is 4. The first kappa shape index (κ1) is 13.3. The van der Waals surface area contributed by atoms with Crippen molar-refractivity contribution in [3.05, 3.63) is 59.9 Å². The smallest absolute Gasteiger partial charge is 0.176 e. The highest BCUT2D eigenvalue weighted by molar-refractivity contribution is 8.01. The molecule has 0 aliphatic heterocycles. The van der Waals surface area contributed by atoms with Gasteiger partial charge in [0, 0.05) is 0 Å². The van der Waals surface area contributed by atoms with Gasteiger partial charge in [-0.25, -0.2) is 9.37 Å². The van der Waals surface area contributed by atoms with Gasteiger partial charge >= 0.3 is 0 Å². The molecule has 3 aromatic rings. The summed E-state index contributed by atoms with van der Waals surface area (Å²) < 4.78 is 15.4. The van der Waals surface area contributed by atoms with E-state index in [1.165, 1.54) is 23.9 Å². The van der Waals surface area contributed by atoms with Crippen molar-refractivity contribution in [3.8, 4) is 0 Å². The van der Waals surface area contributed by atoms with Crippen molar-refractivity contribution in [2.75, 3.05) is 5.75 Å². The predicted octanol–water partition coefficient (Wildman–Crippen LogP) is 4.41. The van der Waals surface area contributed by atoms with Crippen LogP contribution in [0.4, 0.5) is 4.39 Å². The Hall–Kier alpha value is -1.72. The van der Waals surface area contributed by atoms with E-state index in [0.29, 0.717) is 0 Å². The first-order valence-electron chi connectivity index (χ1n) is 6.00. The number of carbonyl (C=O) groups is 1. The molecule has 3 rings (SSSR count). The molecule has 0 aliphatic rings. The zero-order chi connectivity index (χ0) is 13.9. The van der Waals surface area contributed by atoms with Gasteiger partial charge in [0.15, 0.2) is 10.1 Å². The van der Waals surface area contributed by atoms with Gasteiger partial charge in [0.05, 0.1) is 21.5 Å². The number of hydrogen-bond donors (Lipinski definition) is 0. The SMILES string of the molecule is O=C(CSc1nc2ccccc2s1)c1ccccc1F. The minimum atomic E-state index is -0.470. The highest BCUT2D eigenvalue weighted by atomic mass is 32.2. The van der Waals surface area contributed by atoms with Crippen molar-refractivity contribution in [3.63, 3.8) is 0 Å². The third-order valence-electron chi connectivity index (χ3n) is 2.78. The number of thiazole rings is 1. The Bertz CT molecular complexity index is 736. The highest BCUT2D eigenvalue weighted by Crippen LogP contribution is 2.29. The maximum absolute atomic E-state index is 13.5. The molecule has 0 spiro atoms. The molecule has 5 heteroatoms. The molecule has 0 N–H and O–H groups in total. The van der Waals surface area contributed by atoms with Crippen molar-refractivity contribution in [1.29, 1.82) is 0 Å². The van der Waals surface area contributed by atoms with Gasteiger partial charge < -0.3 is 0 Å². The predicted molar refractivity (Wildman–Crippen MR) is 81.1 cm³/mol. The van der Waals surface area contributed by atoms with Gasteiger partial charge in [0.1, 0.15) is 5.82 Å². The van der Waals surface area contributed by atoms with Crippen LogP contribution in [0.2, 0.25) is 0 Å². The lowest BCUT2D eigenvalue weighted by Crippen LogP contribution is -2.04. The van der Waals surface area contributed by atoms with E-state index in [2.05, 4.69) is 4.98 Å². The lowest BCUT2D eigenvalue weighted by atomic mass is 10.1. The summed E-state index contributed by atoms with van der Waals surface area (Å²) in [4.78, 5) is 16.4. The van der Waals surface area contributed by atoms with Crippen molar-refractivity contribution in [2.45, 2.75) is 4.34 Å². The van der Waals surface area contributed by atoms with Gasteiger partial charge in [-0.1, -0.05) is 36.0 Å². The van der Waals surface area contributed by atoms with E-state index in [1.807, 2.05) is 24.3 Å². The number of Topliss-reactive ketones (excluding diaryl/α,β-unsaturated/α-hetero) is 1. The van der Waals surface area contributed by atoms with E-state index in [1.54, 1.807) is 23.5 Å². The first-order valence-corrected chi connectivity index (χ1v) is 7.80. The second-order valence-electron chi connectivity index (χ2n) is 4.14. The van der Waals surface area contributed by atoms with Crippen LogP contribution in [0, 0.1) is 5.82 Å². The van der Waals surface area contributed by atoms with Crippen LogP contribution in [0.25, 0.3) is 10.2 Å². The zero-order valence-corrected chi connectivity index (χ0v) is 12.0. The van der Waals surface area contributed by atoms with Crippen molar-refractivity contribution in [1.82, 2.24) is 4.98 Å². The largest absolute Gasteiger partial charge is 0.293 e. The van der Waals surface area contributed by atoms with E-state index < -0.39 is 5.82 Å². The quantitative estimate of drug-likeness (QED) is 0.528. The van der Waals surface area contributed by atoms with Crippen LogP contribution in [0.3, 0.4) is 0 Å². The average molecular weight is 303 g/mol. The first-order chi connectivity index (χ1) is 9.74. The fraction of sp³-hybridized carbons (Fsp3) is 0.0667. The third-order valence-corrected chi connectivity index (χ3v) is 4.95. The van der Waals surface area contributed by atoms with Gasteiger partial charge in [0.2, 0.25) is 0 Å². The number of benzene rings is 2. The van der Waals surface area contributed by atoms with Crippen LogP contribution in [-0.2, 0) is 0 Å². The molecule has 0 saturated carbocycles. The number of thioether (sulfide) groups is 1. The third kappa shape index (κ3) is 2.73. The Morgan fingerprint density at radius 3 is 2.70 bits per heavy atom. The summed E-state index contributed by atoms with van der Waals surface area (Å²) in [5.41, 5.74) is 1.07. The number of para-hydroxylation sites is 1. The molecule has 2 nitrogen and oxygen atoms in total. The van der Waals surface area contributed by atoms with E-state index in [9.17, 15) is 9.18 Å². The van der Waals surface area contributed by atoms with Crippen LogP contribution >= 0.6 is 23.1 Å². The molecule has 0 radical (unpaired) electrons. The molecule has 0 bridgehead atoms. The Labute approximate surface area is 123 Å². The van der Waals surface area contributed by atoms with E-state index in [4.69, 9.17) is 0 Å². The number of ketones is 1. The molecule has 0 aliphatic carbocycles. The summed E-state index contributed by atoms with van der Waals surface area (Å²) in [5.74, 6) is -0.490. The fourth-order valence-electron chi connectivity index (χ4n) is 1.81. The maximum Gasteiger partial charge on any atom is 0.176 e. The monoisotopic (exact) mass is 303 g/mol. The van der Waals surface area contributed by atoms with E-state index in [-0.39, 0.29) is 17.1 Å². The molecule has 1 aromatic heterocycles. The normalized spacial score (nSPS) is 10.8. The molecule has 0 fully saturated rings. The van der Waals surface area contributed by atoms with Gasteiger partial charge in [-0.2, -0.15) is 0 Å². The second kappa shape index (κ2) is 5.73. The lowest BCUT2D eigenvalue weighted by molar-refractivity contribution is 0.101. The van der Waals surface area contributed by atoms with Crippen molar-refractivity contribution in [2.24, 2.45) is 0 Å². The number of hydrogen-bond acceptors (Lipinski definition) is 4. The molecule has 0 atom stereocenters. The van der Waals surface area contributed by atoms with E-state index >= 15 is 0 Å². The number of fused-ring (bicyclic) bond motifs is 1. The minimum absolute atomic E-state index is 0.140. The molecular weight excluding hydrogens is 293 g/mol. The molecule has 0 unspecified atom stereocenters. The molecule has 100 valence electrons. The topological polar surface area (TPSA) is 30.0 Å². The second-order valence-corrected chi connectivity index (χ2v) is 6.39. The minimum Gasteiger partial charge on any atom is -0.293 e. The summed E-state index contributed by atoms with van der Waals surface area (Å²) in [5, 5.41) is 0. The molecule has 0 amide bonds. The van der Waals surface area contributed by atoms with E-state index in [0.717, 1.165) is 14.6 Å². The Morgan fingerprint density at radius 2 is 1.90 bits per heavy atom. The van der Waals surface area contributed by atoms with Gasteiger partial charge in [0.25, 0.3) is 0 Å². The number of halogens is 1. The van der Waals surface area contributed by atoms with Crippen LogP contribution in [0.15, 0.2) is 52.9 Å². The highest BCUT2D eigenvalue weighted by Gasteiger charge is 2.12. The summed E-state index contributed by atoms with van der Waals surface area (Å²) in [6, 6.07) is 13.9. The van der Waals surface area contributed by atoms with Crippen molar-refractivity contribution >= 4 is 39.1 Å². The standard InChI is InChI=1S/C15H10FNOS2/c16-11-6-2-1-5-10(11)13(18)9-19-15-17-12-7-3-4-8-14(12)20-15/h1-8H,9H2. The number of nitrogens with zero attached hydrogens (tertiary/aromatic N) is 1. The van der Waals surface area contributed by atoms with Crippen LogP contribution in [-0.4, -0.2) is 16.5 Å². The Balaban J connectivity index is 1.73. The summed E-state index contributed by atoms with van der Waals surface area (Å²) in [7, 11) is 0. The van der Waals surface area contributed by atoms with Gasteiger partial charge in [-0.15, -0.1) is 11.3 Å². The molecule has 20 heavy (non-hydrogen) atoms. The summed E-state index contributed by atoms with van der Waals surface area (Å²) >= 11 is 2.89. The lowest BCUT2D eigenvalue weighted by Gasteiger charge is -2.00. The summed E-state index contributed by atoms with van der Waals surface area (Å²) in [6.45, 7) is 0. The summed E-state index contributed by atoms with van der Waals surface area (Å²) in [6.07, 6.45) is 0.